The van der Waals surface area contributed by atoms with Crippen molar-refractivity contribution in [3.8, 4) is 0 Å². The van der Waals surface area contributed by atoms with Crippen LogP contribution in [0, 0.1) is 10.1 Å². The quantitative estimate of drug-likeness (QED) is 0.589. The molecule has 0 bridgehead atoms. The standard InChI is InChI=1S/C10H13NO3/c1-8(12)2-3-9-4-6-10(7-5-9)11(13)14/h4-8,12H,2-3H2,1H3. The first-order valence-corrected chi connectivity index (χ1v) is 4.51. The van der Waals surface area contributed by atoms with E-state index in [1.165, 1.54) is 12.1 Å². The monoisotopic (exact) mass is 195 g/mol. The molecule has 4 nitrogen and oxygen atoms in total. The van der Waals surface area contributed by atoms with Crippen LogP contribution in [0.5, 0.6) is 0 Å². The second-order valence-electron chi connectivity index (χ2n) is 3.31. The Balaban J connectivity index is 2.60. The van der Waals surface area contributed by atoms with Crippen molar-refractivity contribution in [1.82, 2.24) is 0 Å². The third-order valence-electron chi connectivity index (χ3n) is 2.00. The second-order valence-corrected chi connectivity index (χ2v) is 3.31. The van der Waals surface area contributed by atoms with Crippen molar-refractivity contribution in [2.24, 2.45) is 0 Å². The Morgan fingerprint density at radius 2 is 2.00 bits per heavy atom. The van der Waals surface area contributed by atoms with E-state index in [9.17, 15) is 10.1 Å². The normalized spacial score (nSPS) is 12.4. The van der Waals surface area contributed by atoms with Crippen LogP contribution in [0.25, 0.3) is 0 Å². The van der Waals surface area contributed by atoms with Crippen LogP contribution in [0.1, 0.15) is 18.9 Å². The fraction of sp³-hybridized carbons (Fsp3) is 0.400. The number of benzene rings is 1. The summed E-state index contributed by atoms with van der Waals surface area (Å²) in [5, 5.41) is 19.4. The number of rotatable bonds is 4. The van der Waals surface area contributed by atoms with Gasteiger partial charge in [-0.1, -0.05) is 12.1 Å². The minimum atomic E-state index is -0.418. The third kappa shape index (κ3) is 3.14. The lowest BCUT2D eigenvalue weighted by Gasteiger charge is -2.03. The van der Waals surface area contributed by atoms with Crippen molar-refractivity contribution in [3.63, 3.8) is 0 Å². The molecular weight excluding hydrogens is 182 g/mol. The van der Waals surface area contributed by atoms with Crippen LogP contribution in [0.2, 0.25) is 0 Å². The molecule has 1 aromatic carbocycles. The maximum Gasteiger partial charge on any atom is 0.269 e. The molecule has 0 amide bonds. The van der Waals surface area contributed by atoms with Gasteiger partial charge in [-0.15, -0.1) is 0 Å². The summed E-state index contributed by atoms with van der Waals surface area (Å²) in [6.07, 6.45) is 1.10. The second kappa shape index (κ2) is 4.72. The Labute approximate surface area is 82.3 Å². The summed E-state index contributed by atoms with van der Waals surface area (Å²) in [6.45, 7) is 1.73. The van der Waals surface area contributed by atoms with E-state index >= 15 is 0 Å². The van der Waals surface area contributed by atoms with Crippen LogP contribution in [0.4, 0.5) is 5.69 Å². The number of aliphatic hydroxyl groups excluding tert-OH is 1. The molecule has 1 unspecified atom stereocenters. The average Bonchev–Trinajstić information content (AvgIpc) is 2.15. The largest absolute Gasteiger partial charge is 0.393 e. The molecule has 0 spiro atoms. The highest BCUT2D eigenvalue weighted by Gasteiger charge is 2.04. The van der Waals surface area contributed by atoms with Gasteiger partial charge in [-0.05, 0) is 25.3 Å². The van der Waals surface area contributed by atoms with Gasteiger partial charge in [-0.3, -0.25) is 10.1 Å². The smallest absolute Gasteiger partial charge is 0.269 e. The van der Waals surface area contributed by atoms with Gasteiger partial charge in [0.2, 0.25) is 0 Å². The number of non-ortho nitro benzene ring substituents is 1. The Hall–Kier alpha value is -1.42. The van der Waals surface area contributed by atoms with Crippen LogP contribution >= 0.6 is 0 Å². The number of nitro groups is 1. The molecular formula is C10H13NO3. The highest BCUT2D eigenvalue weighted by molar-refractivity contribution is 5.32. The summed E-state index contributed by atoms with van der Waals surface area (Å²) in [7, 11) is 0. The fourth-order valence-corrected chi connectivity index (χ4v) is 1.16. The van der Waals surface area contributed by atoms with E-state index in [1.54, 1.807) is 19.1 Å². The van der Waals surface area contributed by atoms with E-state index in [0.717, 1.165) is 12.0 Å². The molecule has 0 saturated heterocycles. The van der Waals surface area contributed by atoms with E-state index in [1.807, 2.05) is 0 Å². The van der Waals surface area contributed by atoms with Gasteiger partial charge in [-0.2, -0.15) is 0 Å². The molecule has 76 valence electrons. The highest BCUT2D eigenvalue weighted by atomic mass is 16.6. The predicted molar refractivity (Wildman–Crippen MR) is 53.1 cm³/mol. The van der Waals surface area contributed by atoms with Crippen molar-refractivity contribution >= 4 is 5.69 Å². The average molecular weight is 195 g/mol. The van der Waals surface area contributed by atoms with Crippen LogP contribution < -0.4 is 0 Å². The molecule has 1 rings (SSSR count). The van der Waals surface area contributed by atoms with Crippen LogP contribution in [-0.4, -0.2) is 16.1 Å². The van der Waals surface area contributed by atoms with Crippen molar-refractivity contribution in [1.29, 1.82) is 0 Å². The minimum Gasteiger partial charge on any atom is -0.393 e. The van der Waals surface area contributed by atoms with Gasteiger partial charge < -0.3 is 5.11 Å². The van der Waals surface area contributed by atoms with E-state index < -0.39 is 4.92 Å². The Morgan fingerprint density at radius 3 is 2.43 bits per heavy atom. The van der Waals surface area contributed by atoms with Gasteiger partial charge in [0.25, 0.3) is 5.69 Å². The zero-order valence-corrected chi connectivity index (χ0v) is 8.01. The van der Waals surface area contributed by atoms with E-state index in [0.29, 0.717) is 6.42 Å². The first-order valence-electron chi connectivity index (χ1n) is 4.51. The summed E-state index contributed by atoms with van der Waals surface area (Å²) in [5.74, 6) is 0. The van der Waals surface area contributed by atoms with Crippen molar-refractivity contribution in [2.45, 2.75) is 25.9 Å². The molecule has 1 atom stereocenters. The zero-order chi connectivity index (χ0) is 10.6. The van der Waals surface area contributed by atoms with Crippen LogP contribution in [-0.2, 0) is 6.42 Å². The maximum atomic E-state index is 10.3. The number of aryl methyl sites for hydroxylation is 1. The summed E-state index contributed by atoms with van der Waals surface area (Å²) in [5.41, 5.74) is 1.11. The first-order chi connectivity index (χ1) is 6.59. The lowest BCUT2D eigenvalue weighted by molar-refractivity contribution is -0.384. The fourth-order valence-electron chi connectivity index (χ4n) is 1.16. The molecule has 0 aliphatic carbocycles. The van der Waals surface area contributed by atoms with E-state index in [2.05, 4.69) is 0 Å². The molecule has 0 radical (unpaired) electrons. The molecule has 0 saturated carbocycles. The molecule has 0 fully saturated rings. The molecule has 0 aliphatic rings. The zero-order valence-electron chi connectivity index (χ0n) is 8.01. The van der Waals surface area contributed by atoms with Gasteiger partial charge in [0, 0.05) is 12.1 Å². The molecule has 4 heteroatoms. The van der Waals surface area contributed by atoms with Gasteiger partial charge >= 0.3 is 0 Å². The van der Waals surface area contributed by atoms with E-state index in [4.69, 9.17) is 5.11 Å². The summed E-state index contributed by atoms with van der Waals surface area (Å²) in [6, 6.07) is 6.41. The number of nitro benzene ring substituents is 1. The van der Waals surface area contributed by atoms with Gasteiger partial charge in [0.05, 0.1) is 11.0 Å². The number of hydrogen-bond donors (Lipinski definition) is 1. The highest BCUT2D eigenvalue weighted by Crippen LogP contribution is 2.13. The van der Waals surface area contributed by atoms with Crippen molar-refractivity contribution < 1.29 is 10.0 Å². The van der Waals surface area contributed by atoms with Gasteiger partial charge in [0.15, 0.2) is 0 Å². The molecule has 1 N–H and O–H groups in total. The summed E-state index contributed by atoms with van der Waals surface area (Å²) in [4.78, 5) is 9.93. The Morgan fingerprint density at radius 1 is 1.43 bits per heavy atom. The minimum absolute atomic E-state index is 0.103. The molecule has 0 aliphatic heterocycles. The summed E-state index contributed by atoms with van der Waals surface area (Å²) < 4.78 is 0. The molecule has 0 heterocycles. The topological polar surface area (TPSA) is 63.4 Å². The lowest BCUT2D eigenvalue weighted by Crippen LogP contribution is -2.01. The Kier molecular flexibility index (Phi) is 3.59. The predicted octanol–water partition coefficient (Wildman–Crippen LogP) is 1.91. The SMILES string of the molecule is CC(O)CCc1ccc([N+](=O)[O-])cc1. The third-order valence-corrected chi connectivity index (χ3v) is 2.00. The maximum absolute atomic E-state index is 10.3. The van der Waals surface area contributed by atoms with Crippen LogP contribution in [0.3, 0.4) is 0 Å². The van der Waals surface area contributed by atoms with Crippen LogP contribution in [0.15, 0.2) is 24.3 Å². The lowest BCUT2D eigenvalue weighted by atomic mass is 10.1. The van der Waals surface area contributed by atoms with Gasteiger partial charge in [-0.25, -0.2) is 0 Å². The van der Waals surface area contributed by atoms with Crippen molar-refractivity contribution in [2.75, 3.05) is 0 Å². The molecule has 14 heavy (non-hydrogen) atoms. The number of hydrogen-bond acceptors (Lipinski definition) is 3. The summed E-state index contributed by atoms with van der Waals surface area (Å²) >= 11 is 0. The molecule has 1 aromatic rings. The van der Waals surface area contributed by atoms with Gasteiger partial charge in [0.1, 0.15) is 0 Å². The Bertz CT molecular complexity index is 306. The van der Waals surface area contributed by atoms with E-state index in [-0.39, 0.29) is 11.8 Å². The number of aliphatic hydroxyl groups is 1. The first kappa shape index (κ1) is 10.7. The number of nitrogens with zero attached hydrogens (tertiary/aromatic N) is 1. The van der Waals surface area contributed by atoms with Crippen molar-refractivity contribution in [3.05, 3.63) is 39.9 Å². The molecule has 0 aromatic heterocycles.